The van der Waals surface area contributed by atoms with Gasteiger partial charge in [-0.05, 0) is 12.0 Å². The Balaban J connectivity index is 1.69. The number of ether oxygens (including phenoxy) is 2. The minimum Gasteiger partial charge on any atom is -0.473 e. The van der Waals surface area contributed by atoms with Crippen molar-refractivity contribution >= 4 is 5.95 Å². The van der Waals surface area contributed by atoms with Crippen LogP contribution in [0.3, 0.4) is 0 Å². The molecule has 3 rings (SSSR count). The zero-order chi connectivity index (χ0) is 16.1. The maximum absolute atomic E-state index is 9.55. The Morgan fingerprint density at radius 3 is 2.83 bits per heavy atom. The standard InChI is InChI=1S/C17H21N3O3/c1-22-15-9-14(11-21)20(10-15)17-18-8-7-16(19-17)23-12-13-5-3-2-4-6-13/h2-8,14-15,21H,9-12H2,1H3/t14-,15+/m0/s1. The van der Waals surface area contributed by atoms with Crippen LogP contribution < -0.4 is 9.64 Å². The van der Waals surface area contributed by atoms with Crippen LogP contribution in [0, 0.1) is 0 Å². The van der Waals surface area contributed by atoms with Gasteiger partial charge in [-0.1, -0.05) is 30.3 Å². The third-order valence-electron chi connectivity index (χ3n) is 4.02. The molecule has 1 aromatic heterocycles. The fraction of sp³-hybridized carbons (Fsp3) is 0.412. The molecule has 0 unspecified atom stereocenters. The molecular weight excluding hydrogens is 294 g/mol. The Labute approximate surface area is 135 Å². The van der Waals surface area contributed by atoms with E-state index in [1.165, 1.54) is 0 Å². The maximum Gasteiger partial charge on any atom is 0.229 e. The van der Waals surface area contributed by atoms with Crippen LogP contribution in [0.2, 0.25) is 0 Å². The van der Waals surface area contributed by atoms with E-state index < -0.39 is 0 Å². The van der Waals surface area contributed by atoms with Crippen LogP contribution in [0.15, 0.2) is 42.6 Å². The summed E-state index contributed by atoms with van der Waals surface area (Å²) in [7, 11) is 1.68. The molecule has 1 aromatic carbocycles. The number of anilines is 1. The van der Waals surface area contributed by atoms with E-state index in [-0.39, 0.29) is 18.8 Å². The molecule has 1 fully saturated rings. The summed E-state index contributed by atoms with van der Waals surface area (Å²) in [5.74, 6) is 1.09. The summed E-state index contributed by atoms with van der Waals surface area (Å²) in [5, 5.41) is 9.55. The summed E-state index contributed by atoms with van der Waals surface area (Å²) in [6.45, 7) is 1.18. The van der Waals surface area contributed by atoms with Crippen molar-refractivity contribution in [3.63, 3.8) is 0 Å². The first-order valence-corrected chi connectivity index (χ1v) is 7.70. The summed E-state index contributed by atoms with van der Waals surface area (Å²) in [6, 6.07) is 11.7. The van der Waals surface area contributed by atoms with Crippen molar-refractivity contribution < 1.29 is 14.6 Å². The minimum atomic E-state index is -0.0238. The predicted molar refractivity (Wildman–Crippen MR) is 86.4 cm³/mol. The van der Waals surface area contributed by atoms with E-state index in [1.807, 2.05) is 35.2 Å². The average molecular weight is 315 g/mol. The normalized spacial score (nSPS) is 20.7. The third-order valence-corrected chi connectivity index (χ3v) is 4.02. The number of methoxy groups -OCH3 is 1. The molecule has 6 heteroatoms. The molecule has 0 spiro atoms. The van der Waals surface area contributed by atoms with Crippen molar-refractivity contribution in [3.8, 4) is 5.88 Å². The van der Waals surface area contributed by atoms with Crippen molar-refractivity contribution in [2.45, 2.75) is 25.2 Å². The lowest BCUT2D eigenvalue weighted by molar-refractivity contribution is 0.115. The molecule has 0 bridgehead atoms. The molecule has 0 aliphatic carbocycles. The number of aliphatic hydroxyl groups excluding tert-OH is 1. The molecule has 0 radical (unpaired) electrons. The maximum atomic E-state index is 9.55. The Morgan fingerprint density at radius 2 is 2.09 bits per heavy atom. The SMILES string of the molecule is CO[C@@H]1C[C@@H](CO)N(c2nccc(OCc3ccccc3)n2)C1. The molecule has 1 saturated heterocycles. The van der Waals surface area contributed by atoms with Crippen molar-refractivity contribution in [2.24, 2.45) is 0 Å². The minimum absolute atomic E-state index is 0.0238. The number of rotatable bonds is 6. The van der Waals surface area contributed by atoms with Crippen LogP contribution in [0.1, 0.15) is 12.0 Å². The van der Waals surface area contributed by atoms with Crippen molar-refractivity contribution in [1.82, 2.24) is 9.97 Å². The molecule has 2 heterocycles. The van der Waals surface area contributed by atoms with Crippen molar-refractivity contribution in [1.29, 1.82) is 0 Å². The van der Waals surface area contributed by atoms with Gasteiger partial charge in [-0.2, -0.15) is 4.98 Å². The van der Waals surface area contributed by atoms with Gasteiger partial charge in [-0.15, -0.1) is 0 Å². The van der Waals surface area contributed by atoms with E-state index in [0.29, 0.717) is 25.0 Å². The monoisotopic (exact) mass is 315 g/mol. The highest BCUT2D eigenvalue weighted by atomic mass is 16.5. The zero-order valence-corrected chi connectivity index (χ0v) is 13.1. The Hall–Kier alpha value is -2.18. The highest BCUT2D eigenvalue weighted by Gasteiger charge is 2.33. The summed E-state index contributed by atoms with van der Waals surface area (Å²) in [6.07, 6.45) is 2.53. The lowest BCUT2D eigenvalue weighted by Crippen LogP contribution is -2.33. The first-order valence-electron chi connectivity index (χ1n) is 7.70. The number of aromatic nitrogens is 2. The van der Waals surface area contributed by atoms with Crippen LogP contribution in [-0.4, -0.2) is 47.5 Å². The van der Waals surface area contributed by atoms with E-state index in [2.05, 4.69) is 9.97 Å². The molecule has 122 valence electrons. The smallest absolute Gasteiger partial charge is 0.229 e. The van der Waals surface area contributed by atoms with Crippen LogP contribution >= 0.6 is 0 Å². The van der Waals surface area contributed by atoms with Gasteiger partial charge in [0.1, 0.15) is 6.61 Å². The second-order valence-corrected chi connectivity index (χ2v) is 5.55. The van der Waals surface area contributed by atoms with Crippen LogP contribution in [0.4, 0.5) is 5.95 Å². The molecule has 2 aromatic rings. The van der Waals surface area contributed by atoms with Crippen LogP contribution in [-0.2, 0) is 11.3 Å². The first kappa shape index (κ1) is 15.7. The van der Waals surface area contributed by atoms with Gasteiger partial charge in [0.2, 0.25) is 11.8 Å². The Bertz CT molecular complexity index is 623. The Morgan fingerprint density at radius 1 is 1.26 bits per heavy atom. The highest BCUT2D eigenvalue weighted by molar-refractivity contribution is 5.36. The fourth-order valence-electron chi connectivity index (χ4n) is 2.75. The topological polar surface area (TPSA) is 67.7 Å². The lowest BCUT2D eigenvalue weighted by atomic mass is 10.2. The molecule has 2 atom stereocenters. The number of hydrogen-bond donors (Lipinski definition) is 1. The summed E-state index contributed by atoms with van der Waals surface area (Å²) in [5.41, 5.74) is 1.08. The van der Waals surface area contributed by atoms with E-state index in [1.54, 1.807) is 19.4 Å². The number of aliphatic hydroxyl groups is 1. The van der Waals surface area contributed by atoms with Crippen molar-refractivity contribution in [3.05, 3.63) is 48.2 Å². The van der Waals surface area contributed by atoms with Gasteiger partial charge < -0.3 is 19.5 Å². The summed E-state index contributed by atoms with van der Waals surface area (Å²) < 4.78 is 11.1. The van der Waals surface area contributed by atoms with E-state index >= 15 is 0 Å². The van der Waals surface area contributed by atoms with Gasteiger partial charge >= 0.3 is 0 Å². The Kier molecular flexibility index (Phi) is 5.05. The van der Waals surface area contributed by atoms with Gasteiger partial charge in [0.05, 0.1) is 18.8 Å². The third kappa shape index (κ3) is 3.78. The predicted octanol–water partition coefficient (Wildman–Crippen LogP) is 1.64. The number of benzene rings is 1. The second-order valence-electron chi connectivity index (χ2n) is 5.55. The largest absolute Gasteiger partial charge is 0.473 e. The quantitative estimate of drug-likeness (QED) is 0.874. The van der Waals surface area contributed by atoms with Gasteiger partial charge in [0.15, 0.2) is 0 Å². The summed E-state index contributed by atoms with van der Waals surface area (Å²) >= 11 is 0. The van der Waals surface area contributed by atoms with Gasteiger partial charge in [0.25, 0.3) is 0 Å². The van der Waals surface area contributed by atoms with Gasteiger partial charge in [-0.3, -0.25) is 0 Å². The highest BCUT2D eigenvalue weighted by Crippen LogP contribution is 2.25. The number of hydrogen-bond acceptors (Lipinski definition) is 6. The van der Waals surface area contributed by atoms with Gasteiger partial charge in [0, 0.05) is 25.9 Å². The summed E-state index contributed by atoms with van der Waals surface area (Å²) in [4.78, 5) is 10.7. The second kappa shape index (κ2) is 7.39. The molecule has 1 aliphatic heterocycles. The fourth-order valence-corrected chi connectivity index (χ4v) is 2.75. The van der Waals surface area contributed by atoms with Crippen molar-refractivity contribution in [2.75, 3.05) is 25.2 Å². The molecule has 0 saturated carbocycles. The molecule has 0 amide bonds. The molecule has 1 aliphatic rings. The van der Waals surface area contributed by atoms with Crippen LogP contribution in [0.5, 0.6) is 5.88 Å². The van der Waals surface area contributed by atoms with E-state index in [9.17, 15) is 5.11 Å². The zero-order valence-electron chi connectivity index (χ0n) is 13.1. The van der Waals surface area contributed by atoms with E-state index in [0.717, 1.165) is 12.0 Å². The molecule has 6 nitrogen and oxygen atoms in total. The molecule has 23 heavy (non-hydrogen) atoms. The first-order chi connectivity index (χ1) is 11.3. The van der Waals surface area contributed by atoms with Crippen LogP contribution in [0.25, 0.3) is 0 Å². The average Bonchev–Trinajstić information content (AvgIpc) is 3.05. The lowest BCUT2D eigenvalue weighted by Gasteiger charge is -2.22. The molecule has 1 N–H and O–H groups in total. The molecular formula is C17H21N3O3. The van der Waals surface area contributed by atoms with Gasteiger partial charge in [-0.25, -0.2) is 4.98 Å². The number of nitrogens with zero attached hydrogens (tertiary/aromatic N) is 3. The van der Waals surface area contributed by atoms with E-state index in [4.69, 9.17) is 9.47 Å².